The van der Waals surface area contributed by atoms with Crippen LogP contribution in [-0.4, -0.2) is 19.0 Å². The van der Waals surface area contributed by atoms with Gasteiger partial charge in [0.2, 0.25) is 0 Å². The van der Waals surface area contributed by atoms with E-state index in [9.17, 15) is 4.79 Å². The number of Topliss-reactive ketones (excluding diaryl/α,β-unsaturated/α-hetero) is 1. The van der Waals surface area contributed by atoms with E-state index in [4.69, 9.17) is 4.74 Å². The van der Waals surface area contributed by atoms with E-state index in [0.717, 1.165) is 12.8 Å². The number of hydrogen-bond acceptors (Lipinski definition) is 2. The second kappa shape index (κ2) is 3.15. The lowest BCUT2D eigenvalue weighted by atomic mass is 9.79. The van der Waals surface area contributed by atoms with Gasteiger partial charge in [0.1, 0.15) is 5.78 Å². The zero-order valence-electron chi connectivity index (χ0n) is 6.59. The van der Waals surface area contributed by atoms with Crippen LogP contribution in [0.15, 0.2) is 0 Å². The van der Waals surface area contributed by atoms with Gasteiger partial charge >= 0.3 is 0 Å². The van der Waals surface area contributed by atoms with E-state index in [-0.39, 0.29) is 0 Å². The first-order chi connectivity index (χ1) is 4.77. The minimum Gasteiger partial charge on any atom is -0.381 e. The molecule has 1 aliphatic rings. The third kappa shape index (κ3) is 1.37. The molecule has 0 unspecified atom stereocenters. The van der Waals surface area contributed by atoms with E-state index in [0.29, 0.717) is 24.2 Å². The second-order valence-electron chi connectivity index (χ2n) is 2.85. The molecule has 1 fully saturated rings. The highest BCUT2D eigenvalue weighted by molar-refractivity contribution is 5.81. The monoisotopic (exact) mass is 142 g/mol. The van der Waals surface area contributed by atoms with E-state index < -0.39 is 0 Å². The molecule has 1 saturated carbocycles. The highest BCUT2D eigenvalue weighted by Gasteiger charge is 2.32. The molecule has 0 aromatic carbocycles. The third-order valence-corrected chi connectivity index (χ3v) is 2.23. The topological polar surface area (TPSA) is 26.3 Å². The van der Waals surface area contributed by atoms with Gasteiger partial charge in [0.25, 0.3) is 0 Å². The molecular formula is C8H14O2. The molecule has 0 aliphatic heterocycles. The molecule has 2 heteroatoms. The van der Waals surface area contributed by atoms with Crippen molar-refractivity contribution in [2.75, 3.05) is 7.11 Å². The van der Waals surface area contributed by atoms with Gasteiger partial charge in [0.15, 0.2) is 0 Å². The van der Waals surface area contributed by atoms with Gasteiger partial charge in [-0.25, -0.2) is 0 Å². The summed E-state index contributed by atoms with van der Waals surface area (Å²) in [5.41, 5.74) is 0. The second-order valence-corrected chi connectivity index (χ2v) is 2.85. The van der Waals surface area contributed by atoms with E-state index >= 15 is 0 Å². The van der Waals surface area contributed by atoms with Crippen molar-refractivity contribution in [3.8, 4) is 0 Å². The van der Waals surface area contributed by atoms with Crippen LogP contribution in [0.5, 0.6) is 0 Å². The standard InChI is InChI=1S/C8H14O2/c1-3-8(9)6-4-7(5-6)10-2/h6-7H,3-5H2,1-2H3. The van der Waals surface area contributed by atoms with Crippen molar-refractivity contribution < 1.29 is 9.53 Å². The fraction of sp³-hybridized carbons (Fsp3) is 0.875. The summed E-state index contributed by atoms with van der Waals surface area (Å²) in [4.78, 5) is 11.0. The Morgan fingerprint density at radius 3 is 2.60 bits per heavy atom. The average Bonchev–Trinajstić information content (AvgIpc) is 1.85. The van der Waals surface area contributed by atoms with Crippen LogP contribution in [0.3, 0.4) is 0 Å². The van der Waals surface area contributed by atoms with Crippen LogP contribution < -0.4 is 0 Å². The number of ketones is 1. The summed E-state index contributed by atoms with van der Waals surface area (Å²) in [6.07, 6.45) is 2.94. The van der Waals surface area contributed by atoms with E-state index in [1.54, 1.807) is 7.11 Å². The summed E-state index contributed by atoms with van der Waals surface area (Å²) < 4.78 is 5.06. The number of ether oxygens (including phenoxy) is 1. The first-order valence-electron chi connectivity index (χ1n) is 3.83. The maximum atomic E-state index is 11.0. The van der Waals surface area contributed by atoms with Crippen molar-refractivity contribution >= 4 is 5.78 Å². The summed E-state index contributed by atoms with van der Waals surface area (Å²) >= 11 is 0. The number of rotatable bonds is 3. The lowest BCUT2D eigenvalue weighted by Gasteiger charge is -2.32. The van der Waals surface area contributed by atoms with Crippen molar-refractivity contribution in [2.24, 2.45) is 5.92 Å². The lowest BCUT2D eigenvalue weighted by molar-refractivity contribution is -0.129. The Hall–Kier alpha value is -0.370. The average molecular weight is 142 g/mol. The first kappa shape index (κ1) is 7.73. The number of hydrogen-bond donors (Lipinski definition) is 0. The molecule has 0 bridgehead atoms. The van der Waals surface area contributed by atoms with Crippen LogP contribution in [0.1, 0.15) is 26.2 Å². The van der Waals surface area contributed by atoms with Gasteiger partial charge in [-0.1, -0.05) is 6.92 Å². The van der Waals surface area contributed by atoms with Crippen LogP contribution in [-0.2, 0) is 9.53 Å². The maximum Gasteiger partial charge on any atom is 0.135 e. The predicted molar refractivity (Wildman–Crippen MR) is 38.8 cm³/mol. The molecule has 0 saturated heterocycles. The van der Waals surface area contributed by atoms with E-state index in [1.807, 2.05) is 6.92 Å². The Kier molecular flexibility index (Phi) is 2.44. The fourth-order valence-corrected chi connectivity index (χ4v) is 1.31. The van der Waals surface area contributed by atoms with Crippen LogP contribution in [0.4, 0.5) is 0 Å². The SMILES string of the molecule is CCC(=O)C1CC(OC)C1. The number of methoxy groups -OCH3 is 1. The largest absolute Gasteiger partial charge is 0.381 e. The molecule has 0 atom stereocenters. The zero-order valence-corrected chi connectivity index (χ0v) is 6.59. The summed E-state index contributed by atoms with van der Waals surface area (Å²) in [7, 11) is 1.71. The predicted octanol–water partition coefficient (Wildman–Crippen LogP) is 1.39. The first-order valence-corrected chi connectivity index (χ1v) is 3.83. The van der Waals surface area contributed by atoms with Gasteiger partial charge in [-0.2, -0.15) is 0 Å². The smallest absolute Gasteiger partial charge is 0.135 e. The van der Waals surface area contributed by atoms with Gasteiger partial charge in [-0.05, 0) is 12.8 Å². The zero-order chi connectivity index (χ0) is 7.56. The van der Waals surface area contributed by atoms with Crippen molar-refractivity contribution in [3.63, 3.8) is 0 Å². The van der Waals surface area contributed by atoms with E-state index in [2.05, 4.69) is 0 Å². The van der Waals surface area contributed by atoms with Crippen molar-refractivity contribution in [1.82, 2.24) is 0 Å². The Balaban J connectivity index is 2.19. The molecule has 58 valence electrons. The Morgan fingerprint density at radius 1 is 1.60 bits per heavy atom. The molecule has 0 N–H and O–H groups in total. The molecule has 0 amide bonds. The van der Waals surface area contributed by atoms with Gasteiger partial charge in [0, 0.05) is 19.4 Å². The normalized spacial score (nSPS) is 31.4. The molecule has 0 heterocycles. The summed E-state index contributed by atoms with van der Waals surface area (Å²) in [6.45, 7) is 1.92. The maximum absolute atomic E-state index is 11.0. The molecule has 1 rings (SSSR count). The van der Waals surface area contributed by atoms with E-state index in [1.165, 1.54) is 0 Å². The summed E-state index contributed by atoms with van der Waals surface area (Å²) in [6, 6.07) is 0. The van der Waals surface area contributed by atoms with Crippen LogP contribution >= 0.6 is 0 Å². The Labute approximate surface area is 61.6 Å². The van der Waals surface area contributed by atoms with Crippen molar-refractivity contribution in [3.05, 3.63) is 0 Å². The lowest BCUT2D eigenvalue weighted by Crippen LogP contribution is -2.35. The fourth-order valence-electron chi connectivity index (χ4n) is 1.31. The number of carbonyl (C=O) groups is 1. The van der Waals surface area contributed by atoms with Crippen LogP contribution in [0.25, 0.3) is 0 Å². The van der Waals surface area contributed by atoms with Gasteiger partial charge in [-0.15, -0.1) is 0 Å². The molecule has 1 aliphatic carbocycles. The molecule has 2 nitrogen and oxygen atoms in total. The Morgan fingerprint density at radius 2 is 2.20 bits per heavy atom. The highest BCUT2D eigenvalue weighted by atomic mass is 16.5. The minimum absolute atomic E-state index is 0.315. The van der Waals surface area contributed by atoms with Crippen molar-refractivity contribution in [1.29, 1.82) is 0 Å². The summed E-state index contributed by atoms with van der Waals surface area (Å²) in [5.74, 6) is 0.711. The molecule has 0 aromatic heterocycles. The van der Waals surface area contributed by atoms with Gasteiger partial charge < -0.3 is 4.74 Å². The van der Waals surface area contributed by atoms with Crippen LogP contribution in [0, 0.1) is 5.92 Å². The molecule has 10 heavy (non-hydrogen) atoms. The Bertz CT molecular complexity index is 125. The van der Waals surface area contributed by atoms with Gasteiger partial charge in [0.05, 0.1) is 6.10 Å². The molecule has 0 spiro atoms. The highest BCUT2D eigenvalue weighted by Crippen LogP contribution is 2.30. The minimum atomic E-state index is 0.315. The molecule has 0 radical (unpaired) electrons. The van der Waals surface area contributed by atoms with Gasteiger partial charge in [-0.3, -0.25) is 4.79 Å². The van der Waals surface area contributed by atoms with Crippen LogP contribution in [0.2, 0.25) is 0 Å². The summed E-state index contributed by atoms with van der Waals surface area (Å²) in [5, 5.41) is 0. The third-order valence-electron chi connectivity index (χ3n) is 2.23. The van der Waals surface area contributed by atoms with Crippen molar-refractivity contribution in [2.45, 2.75) is 32.3 Å². The number of carbonyl (C=O) groups excluding carboxylic acids is 1. The quantitative estimate of drug-likeness (QED) is 0.595. The molecule has 0 aromatic rings. The molecular weight excluding hydrogens is 128 g/mol.